The number of aldehydes is 2. The maximum atomic E-state index is 12.0. The molecule has 0 saturated carbocycles. The van der Waals surface area contributed by atoms with Crippen LogP contribution in [0.4, 0.5) is 8.78 Å². The van der Waals surface area contributed by atoms with E-state index in [0.717, 1.165) is 0 Å². The zero-order valence-electron chi connectivity index (χ0n) is 7.87. The number of hydrogen-bond donors (Lipinski definition) is 0. The van der Waals surface area contributed by atoms with Gasteiger partial charge >= 0.3 is 6.61 Å². The lowest BCUT2D eigenvalue weighted by Gasteiger charge is -2.10. The van der Waals surface area contributed by atoms with Crippen LogP contribution in [0.25, 0.3) is 0 Å². The number of ether oxygens (including phenoxy) is 1. The average molecular weight is 214 g/mol. The lowest BCUT2D eigenvalue weighted by molar-refractivity contribution is -0.0503. The highest BCUT2D eigenvalue weighted by Gasteiger charge is 2.14. The van der Waals surface area contributed by atoms with E-state index in [4.69, 9.17) is 0 Å². The largest absolute Gasteiger partial charge is 0.433 e. The Morgan fingerprint density at radius 1 is 1.20 bits per heavy atom. The van der Waals surface area contributed by atoms with Gasteiger partial charge in [-0.15, -0.1) is 0 Å². The first-order valence-corrected chi connectivity index (χ1v) is 4.08. The number of carbonyl (C=O) groups excluding carboxylic acids is 2. The molecule has 0 N–H and O–H groups in total. The van der Waals surface area contributed by atoms with Gasteiger partial charge in [0.2, 0.25) is 0 Å². The van der Waals surface area contributed by atoms with E-state index in [9.17, 15) is 18.4 Å². The number of hydrogen-bond acceptors (Lipinski definition) is 3. The third kappa shape index (κ3) is 2.59. The number of halogens is 2. The fraction of sp³-hybridized carbons (Fsp3) is 0.200. The number of carbonyl (C=O) groups is 2. The molecule has 0 fully saturated rings. The number of aryl methyl sites for hydroxylation is 1. The Balaban J connectivity index is 3.29. The summed E-state index contributed by atoms with van der Waals surface area (Å²) in [6, 6.07) is 2.75. The molecule has 1 aromatic rings. The minimum Gasteiger partial charge on any atom is -0.433 e. The van der Waals surface area contributed by atoms with Gasteiger partial charge in [-0.1, -0.05) is 0 Å². The first-order chi connectivity index (χ1) is 7.08. The van der Waals surface area contributed by atoms with Gasteiger partial charge in [0.25, 0.3) is 0 Å². The highest BCUT2D eigenvalue weighted by atomic mass is 19.3. The van der Waals surface area contributed by atoms with Crippen LogP contribution in [0.5, 0.6) is 5.75 Å². The van der Waals surface area contributed by atoms with E-state index in [1.54, 1.807) is 6.92 Å². The van der Waals surface area contributed by atoms with Gasteiger partial charge in [-0.05, 0) is 24.6 Å². The third-order valence-electron chi connectivity index (χ3n) is 1.75. The summed E-state index contributed by atoms with van der Waals surface area (Å²) in [5.41, 5.74) is 0.510. The van der Waals surface area contributed by atoms with E-state index in [1.165, 1.54) is 12.1 Å². The van der Waals surface area contributed by atoms with Gasteiger partial charge in [-0.2, -0.15) is 8.78 Å². The molecule has 0 radical (unpaired) electrons. The van der Waals surface area contributed by atoms with Gasteiger partial charge in [0, 0.05) is 0 Å². The quantitative estimate of drug-likeness (QED) is 0.722. The molecule has 0 saturated heterocycles. The van der Waals surface area contributed by atoms with E-state index >= 15 is 0 Å². The number of benzene rings is 1. The summed E-state index contributed by atoms with van der Waals surface area (Å²) in [6.45, 7) is -1.42. The first-order valence-electron chi connectivity index (χ1n) is 4.08. The monoisotopic (exact) mass is 214 g/mol. The van der Waals surface area contributed by atoms with Crippen LogP contribution in [0, 0.1) is 6.92 Å². The first kappa shape index (κ1) is 11.3. The van der Waals surface area contributed by atoms with Gasteiger partial charge in [0.05, 0.1) is 11.1 Å². The van der Waals surface area contributed by atoms with Gasteiger partial charge in [0.1, 0.15) is 5.75 Å². The molecule has 80 valence electrons. The minimum absolute atomic E-state index is 0.0580. The topological polar surface area (TPSA) is 43.4 Å². The van der Waals surface area contributed by atoms with Crippen molar-refractivity contribution < 1.29 is 23.1 Å². The van der Waals surface area contributed by atoms with Crippen LogP contribution in [-0.4, -0.2) is 19.2 Å². The molecule has 0 heterocycles. The molecular weight excluding hydrogens is 206 g/mol. The molecule has 0 aromatic heterocycles. The zero-order valence-corrected chi connectivity index (χ0v) is 7.87. The summed E-state index contributed by atoms with van der Waals surface area (Å²) in [5, 5.41) is 0. The van der Waals surface area contributed by atoms with Crippen LogP contribution < -0.4 is 4.74 Å². The molecule has 0 atom stereocenters. The average Bonchev–Trinajstić information content (AvgIpc) is 2.19. The van der Waals surface area contributed by atoms with Gasteiger partial charge in [-0.25, -0.2) is 0 Å². The van der Waals surface area contributed by atoms with Crippen molar-refractivity contribution in [1.29, 1.82) is 0 Å². The van der Waals surface area contributed by atoms with Crippen molar-refractivity contribution >= 4 is 12.6 Å². The second kappa shape index (κ2) is 4.63. The fourth-order valence-corrected chi connectivity index (χ4v) is 1.23. The van der Waals surface area contributed by atoms with E-state index in [1.807, 2.05) is 0 Å². The lowest BCUT2D eigenvalue weighted by atomic mass is 10.1. The van der Waals surface area contributed by atoms with Crippen molar-refractivity contribution in [2.75, 3.05) is 0 Å². The Bertz CT molecular complexity index is 359. The minimum atomic E-state index is -3.06. The predicted molar refractivity (Wildman–Crippen MR) is 48.6 cm³/mol. The van der Waals surface area contributed by atoms with Crippen LogP contribution in [0.1, 0.15) is 26.3 Å². The summed E-state index contributed by atoms with van der Waals surface area (Å²) in [6.07, 6.45) is 0.745. The molecule has 0 aliphatic rings. The van der Waals surface area contributed by atoms with Crippen molar-refractivity contribution in [3.63, 3.8) is 0 Å². The molecule has 15 heavy (non-hydrogen) atoms. The molecular formula is C10H8F2O3. The van der Waals surface area contributed by atoms with Crippen LogP contribution in [0.2, 0.25) is 0 Å². The van der Waals surface area contributed by atoms with Crippen molar-refractivity contribution in [3.05, 3.63) is 28.8 Å². The number of rotatable bonds is 4. The standard InChI is InChI=1S/C10H8F2O3/c1-6-2-7(4-13)9(15-10(11)12)8(3-6)5-14/h2-5,10H,1H3. The SMILES string of the molecule is Cc1cc(C=O)c(OC(F)F)c(C=O)c1. The molecule has 0 unspecified atom stereocenters. The van der Waals surface area contributed by atoms with Gasteiger partial charge < -0.3 is 4.74 Å². The molecule has 0 aliphatic heterocycles. The van der Waals surface area contributed by atoms with Crippen molar-refractivity contribution in [2.24, 2.45) is 0 Å². The highest BCUT2D eigenvalue weighted by molar-refractivity contribution is 5.89. The fourth-order valence-electron chi connectivity index (χ4n) is 1.23. The third-order valence-corrected chi connectivity index (χ3v) is 1.75. The Kier molecular flexibility index (Phi) is 3.49. The second-order valence-corrected chi connectivity index (χ2v) is 2.89. The Labute approximate surface area is 84.7 Å². The van der Waals surface area contributed by atoms with Crippen LogP contribution >= 0.6 is 0 Å². The van der Waals surface area contributed by atoms with Crippen LogP contribution in [0.15, 0.2) is 12.1 Å². The summed E-state index contributed by atoms with van der Waals surface area (Å²) in [5.74, 6) is -0.374. The smallest absolute Gasteiger partial charge is 0.387 e. The molecule has 5 heteroatoms. The second-order valence-electron chi connectivity index (χ2n) is 2.89. The molecule has 1 aromatic carbocycles. The Hall–Kier alpha value is -1.78. The lowest BCUT2D eigenvalue weighted by Crippen LogP contribution is -2.07. The maximum Gasteiger partial charge on any atom is 0.387 e. The van der Waals surface area contributed by atoms with Crippen molar-refractivity contribution in [1.82, 2.24) is 0 Å². The number of alkyl halides is 2. The molecule has 3 nitrogen and oxygen atoms in total. The molecule has 0 bridgehead atoms. The molecule has 1 rings (SSSR count). The van der Waals surface area contributed by atoms with E-state index in [0.29, 0.717) is 18.1 Å². The zero-order chi connectivity index (χ0) is 11.4. The molecule has 0 spiro atoms. The normalized spacial score (nSPS) is 10.1. The summed E-state index contributed by atoms with van der Waals surface area (Å²) < 4.78 is 28.1. The van der Waals surface area contributed by atoms with E-state index < -0.39 is 6.61 Å². The van der Waals surface area contributed by atoms with Gasteiger partial charge in [0.15, 0.2) is 12.6 Å². The summed E-state index contributed by atoms with van der Waals surface area (Å²) in [4.78, 5) is 21.2. The molecule has 0 amide bonds. The summed E-state index contributed by atoms with van der Waals surface area (Å²) in [7, 11) is 0. The highest BCUT2D eigenvalue weighted by Crippen LogP contribution is 2.25. The predicted octanol–water partition coefficient (Wildman–Crippen LogP) is 2.22. The maximum absolute atomic E-state index is 12.0. The summed E-state index contributed by atoms with van der Waals surface area (Å²) >= 11 is 0. The van der Waals surface area contributed by atoms with E-state index in [2.05, 4.69) is 4.74 Å². The van der Waals surface area contributed by atoms with E-state index in [-0.39, 0.29) is 16.9 Å². The van der Waals surface area contributed by atoms with Crippen molar-refractivity contribution in [2.45, 2.75) is 13.5 Å². The molecule has 0 aliphatic carbocycles. The van der Waals surface area contributed by atoms with Crippen LogP contribution in [0.3, 0.4) is 0 Å². The van der Waals surface area contributed by atoms with Crippen LogP contribution in [-0.2, 0) is 0 Å². The Morgan fingerprint density at radius 2 is 1.67 bits per heavy atom. The van der Waals surface area contributed by atoms with Crippen molar-refractivity contribution in [3.8, 4) is 5.75 Å². The Morgan fingerprint density at radius 3 is 2.00 bits per heavy atom. The van der Waals surface area contributed by atoms with Gasteiger partial charge in [-0.3, -0.25) is 9.59 Å².